The van der Waals surface area contributed by atoms with Gasteiger partial charge in [0, 0.05) is 12.4 Å². The Balaban J connectivity index is 1.51. The third-order valence-corrected chi connectivity index (χ3v) is 7.71. The average Bonchev–Trinajstić information content (AvgIpc) is 3.47. The summed E-state index contributed by atoms with van der Waals surface area (Å²) >= 11 is 0. The topological polar surface area (TPSA) is 89.6 Å². The Labute approximate surface area is 194 Å². The first-order valence-electron chi connectivity index (χ1n) is 11.2. The second-order valence-electron chi connectivity index (χ2n) is 9.52. The molecule has 0 amide bonds. The minimum atomic E-state index is -0.658. The minimum Gasteiger partial charge on any atom is -0.390 e. The van der Waals surface area contributed by atoms with Crippen LogP contribution in [0.1, 0.15) is 55.3 Å². The lowest BCUT2D eigenvalue weighted by molar-refractivity contribution is 0.242. The molecular weight excluding hydrogens is 438 g/mol. The van der Waals surface area contributed by atoms with E-state index >= 15 is 0 Å². The lowest BCUT2D eigenvalue weighted by atomic mass is 9.66. The molecule has 2 atom stereocenters. The van der Waals surface area contributed by atoms with Crippen molar-refractivity contribution in [1.82, 2.24) is 29.7 Å². The Morgan fingerprint density at radius 2 is 1.91 bits per heavy atom. The van der Waals surface area contributed by atoms with Gasteiger partial charge in [0.25, 0.3) is 0 Å². The number of hydrogen-bond donors (Lipinski definition) is 1. The molecule has 3 aromatic heterocycles. The normalized spacial score (nSPS) is 22.2. The Morgan fingerprint density at radius 3 is 2.65 bits per heavy atom. The van der Waals surface area contributed by atoms with Gasteiger partial charge in [-0.05, 0) is 54.0 Å². The highest BCUT2D eigenvalue weighted by Crippen LogP contribution is 2.69. The van der Waals surface area contributed by atoms with E-state index in [2.05, 4.69) is 34.0 Å². The number of aromatic nitrogens is 6. The van der Waals surface area contributed by atoms with Crippen LogP contribution < -0.4 is 0 Å². The molecule has 0 spiro atoms. The first-order chi connectivity index (χ1) is 16.4. The molecule has 1 saturated carbocycles. The molecule has 6 rings (SSSR count). The highest BCUT2D eigenvalue weighted by molar-refractivity contribution is 5.64. The molecule has 2 bridgehead atoms. The molecule has 34 heavy (non-hydrogen) atoms. The van der Waals surface area contributed by atoms with Gasteiger partial charge in [-0.3, -0.25) is 4.57 Å². The molecule has 1 N–H and O–H groups in total. The van der Waals surface area contributed by atoms with Crippen LogP contribution in [-0.4, -0.2) is 34.8 Å². The number of nitrogens with zero attached hydrogens (tertiary/aromatic N) is 6. The van der Waals surface area contributed by atoms with Crippen LogP contribution in [0.2, 0.25) is 0 Å². The van der Waals surface area contributed by atoms with Crippen molar-refractivity contribution < 1.29 is 13.9 Å². The fourth-order valence-corrected chi connectivity index (χ4v) is 6.02. The average molecular weight is 460 g/mol. The van der Waals surface area contributed by atoms with Crippen molar-refractivity contribution in [2.24, 2.45) is 5.41 Å². The lowest BCUT2D eigenvalue weighted by Gasteiger charge is -2.37. The lowest BCUT2D eigenvalue weighted by Crippen LogP contribution is -2.38. The van der Waals surface area contributed by atoms with Crippen molar-refractivity contribution in [1.29, 1.82) is 0 Å². The maximum absolute atomic E-state index is 14.5. The number of aliphatic hydroxyl groups excluding tert-OH is 1. The molecule has 172 valence electrons. The summed E-state index contributed by atoms with van der Waals surface area (Å²) in [6, 6.07) is 7.49. The summed E-state index contributed by atoms with van der Waals surface area (Å²) in [7, 11) is 0. The Kier molecular flexibility index (Phi) is 4.44. The number of benzene rings is 1. The van der Waals surface area contributed by atoms with Crippen molar-refractivity contribution in [3.63, 3.8) is 0 Å². The number of imidazole rings is 1. The van der Waals surface area contributed by atoms with E-state index in [1.54, 1.807) is 29.4 Å². The quantitative estimate of drug-likeness (QED) is 0.493. The van der Waals surface area contributed by atoms with Crippen molar-refractivity contribution in [3.8, 4) is 17.2 Å². The number of halogens is 2. The van der Waals surface area contributed by atoms with Crippen molar-refractivity contribution in [2.45, 2.75) is 44.6 Å². The van der Waals surface area contributed by atoms with Crippen LogP contribution in [0, 0.1) is 17.0 Å². The monoisotopic (exact) mass is 460 g/mol. The molecule has 0 radical (unpaired) electrons. The van der Waals surface area contributed by atoms with Gasteiger partial charge in [0.2, 0.25) is 5.95 Å². The minimum absolute atomic E-state index is 0.152. The molecule has 1 aromatic carbocycles. The van der Waals surface area contributed by atoms with Gasteiger partial charge < -0.3 is 5.11 Å². The summed E-state index contributed by atoms with van der Waals surface area (Å²) in [6.07, 6.45) is 6.72. The fourth-order valence-electron chi connectivity index (χ4n) is 6.02. The van der Waals surface area contributed by atoms with Crippen molar-refractivity contribution >= 4 is 0 Å². The van der Waals surface area contributed by atoms with Crippen LogP contribution in [0.5, 0.6) is 0 Å². The fraction of sp³-hybridized carbons (Fsp3) is 0.320. The van der Waals surface area contributed by atoms with E-state index in [0.717, 1.165) is 29.8 Å². The zero-order chi connectivity index (χ0) is 23.7. The van der Waals surface area contributed by atoms with Gasteiger partial charge in [-0.2, -0.15) is 5.10 Å². The predicted octanol–water partition coefficient (Wildman–Crippen LogP) is 4.09. The van der Waals surface area contributed by atoms with Crippen LogP contribution in [0.15, 0.2) is 49.1 Å². The van der Waals surface area contributed by atoms with E-state index in [0.29, 0.717) is 11.6 Å². The van der Waals surface area contributed by atoms with Crippen molar-refractivity contribution in [2.75, 3.05) is 0 Å². The van der Waals surface area contributed by atoms with E-state index in [1.807, 2.05) is 6.07 Å². The number of aliphatic hydroxyl groups is 1. The largest absolute Gasteiger partial charge is 0.390 e. The Bertz CT molecular complexity index is 1410. The SMILES string of the molecule is CC1(C)[C@H]2CC[C@@]1(c1ccnc(-n3cnc(CO)c3)n1)c1nnc(-c3c(F)cccc3F)cc12. The molecule has 9 heteroatoms. The summed E-state index contributed by atoms with van der Waals surface area (Å²) < 4.78 is 30.6. The number of hydrogen-bond acceptors (Lipinski definition) is 6. The Hall–Kier alpha value is -3.59. The van der Waals surface area contributed by atoms with E-state index in [4.69, 9.17) is 4.98 Å². The molecule has 0 saturated heterocycles. The molecule has 0 aliphatic heterocycles. The first-order valence-corrected chi connectivity index (χ1v) is 11.2. The maximum Gasteiger partial charge on any atom is 0.235 e. The van der Waals surface area contributed by atoms with E-state index < -0.39 is 17.0 Å². The van der Waals surface area contributed by atoms with Gasteiger partial charge in [-0.15, -0.1) is 5.10 Å². The van der Waals surface area contributed by atoms with Crippen LogP contribution in [-0.2, 0) is 12.0 Å². The molecule has 2 aliphatic carbocycles. The van der Waals surface area contributed by atoms with Gasteiger partial charge in [-0.25, -0.2) is 23.7 Å². The molecule has 4 aromatic rings. The molecule has 0 unspecified atom stereocenters. The zero-order valence-electron chi connectivity index (χ0n) is 18.7. The smallest absolute Gasteiger partial charge is 0.235 e. The summed E-state index contributed by atoms with van der Waals surface area (Å²) in [6.45, 7) is 4.22. The predicted molar refractivity (Wildman–Crippen MR) is 119 cm³/mol. The zero-order valence-corrected chi connectivity index (χ0v) is 18.7. The standard InChI is InChI=1S/C25H22F2N6O/c1-24(2)16-6-8-25(24,20-7-9-28-23(30-20)33-11-14(12-34)29-13-33)22-15(16)10-19(31-32-22)21-17(26)4-3-5-18(21)27/h3-5,7,9-11,13,16,34H,6,8,12H2,1-2H3/t16-,25+/m0/s1. The van der Waals surface area contributed by atoms with Crippen molar-refractivity contribution in [3.05, 3.63) is 83.3 Å². The van der Waals surface area contributed by atoms with E-state index in [1.165, 1.54) is 18.2 Å². The third-order valence-electron chi connectivity index (χ3n) is 7.71. The molecule has 2 aliphatic rings. The highest BCUT2D eigenvalue weighted by Gasteiger charge is 2.65. The molecule has 1 fully saturated rings. The summed E-state index contributed by atoms with van der Waals surface area (Å²) in [5.74, 6) is -0.715. The van der Waals surface area contributed by atoms with Crippen LogP contribution >= 0.6 is 0 Å². The van der Waals surface area contributed by atoms with Gasteiger partial charge in [0.1, 0.15) is 18.0 Å². The van der Waals surface area contributed by atoms with Gasteiger partial charge >= 0.3 is 0 Å². The summed E-state index contributed by atoms with van der Waals surface area (Å²) in [5, 5.41) is 18.2. The summed E-state index contributed by atoms with van der Waals surface area (Å²) in [5.41, 5.74) is 2.41. The van der Waals surface area contributed by atoms with Crippen LogP contribution in [0.25, 0.3) is 17.2 Å². The van der Waals surface area contributed by atoms with Crippen LogP contribution in [0.4, 0.5) is 8.78 Å². The third kappa shape index (κ3) is 2.67. The number of fused-ring (bicyclic) bond motifs is 5. The molecule has 7 nitrogen and oxygen atoms in total. The number of rotatable bonds is 4. The van der Waals surface area contributed by atoms with E-state index in [9.17, 15) is 13.9 Å². The molecular formula is C25H22F2N6O. The molecule has 3 heterocycles. The second-order valence-corrected chi connectivity index (χ2v) is 9.52. The van der Waals surface area contributed by atoms with Gasteiger partial charge in [-0.1, -0.05) is 19.9 Å². The Morgan fingerprint density at radius 1 is 1.12 bits per heavy atom. The van der Waals surface area contributed by atoms with E-state index in [-0.39, 0.29) is 29.2 Å². The first kappa shape index (κ1) is 21.0. The highest BCUT2D eigenvalue weighted by atomic mass is 19.1. The van der Waals surface area contributed by atoms with Gasteiger partial charge in [0.05, 0.1) is 40.4 Å². The van der Waals surface area contributed by atoms with Gasteiger partial charge in [0.15, 0.2) is 0 Å². The second kappa shape index (κ2) is 7.20. The summed E-state index contributed by atoms with van der Waals surface area (Å²) in [4.78, 5) is 13.4. The maximum atomic E-state index is 14.5. The van der Waals surface area contributed by atoms with Crippen LogP contribution in [0.3, 0.4) is 0 Å².